The Kier molecular flexibility index (Phi) is 2.43. The molecule has 0 aromatic carbocycles. The van der Waals surface area contributed by atoms with E-state index in [-0.39, 0.29) is 0 Å². The normalized spacial score (nSPS) is 12.5. The Morgan fingerprint density at radius 1 is 1.18 bits per heavy atom. The van der Waals surface area contributed by atoms with Crippen molar-refractivity contribution >= 4 is 24.3 Å². The topological polar surface area (TPSA) is 138 Å². The first-order chi connectivity index (χ1) is 4.67. The van der Waals surface area contributed by atoms with Crippen LogP contribution >= 0.6 is 0 Å². The van der Waals surface area contributed by atoms with E-state index in [1.807, 2.05) is 0 Å². The van der Waals surface area contributed by atoms with Crippen LogP contribution < -0.4 is 4.72 Å². The van der Waals surface area contributed by atoms with Crippen molar-refractivity contribution in [2.45, 2.75) is 0 Å². The monoisotopic (exact) mass is 205 g/mol. The summed E-state index contributed by atoms with van der Waals surface area (Å²) >= 11 is 0. The van der Waals surface area contributed by atoms with Crippen molar-refractivity contribution in [2.75, 3.05) is 0 Å². The van der Waals surface area contributed by atoms with Gasteiger partial charge in [-0.05, 0) is 0 Å². The minimum Gasteiger partial charge on any atom is -0.464 e. The van der Waals surface area contributed by atoms with Crippen molar-refractivity contribution < 1.29 is 31.3 Å². The van der Waals surface area contributed by atoms with Gasteiger partial charge in [-0.15, -0.1) is 0 Å². The van der Waals surface area contributed by atoms with Gasteiger partial charge >= 0.3 is 24.3 Å². The van der Waals surface area contributed by atoms with Gasteiger partial charge in [0.25, 0.3) is 0 Å². The van der Waals surface area contributed by atoms with E-state index in [0.717, 1.165) is 0 Å². The molecule has 3 N–H and O–H groups in total. The summed E-state index contributed by atoms with van der Waals surface area (Å²) in [4.78, 5) is 9.60. The summed E-state index contributed by atoms with van der Waals surface area (Å²) in [6.07, 6.45) is -2.09. The zero-order chi connectivity index (χ0) is 9.28. The first-order valence-corrected chi connectivity index (χ1v) is 5.34. The zero-order valence-electron chi connectivity index (χ0n) is 4.75. The number of nitrogens with one attached hydrogen (secondary N) is 1. The van der Waals surface area contributed by atoms with Gasteiger partial charge in [0.05, 0.1) is 0 Å². The molecule has 66 valence electrons. The molecule has 11 heavy (non-hydrogen) atoms. The van der Waals surface area contributed by atoms with Gasteiger partial charge in [-0.3, -0.25) is 4.55 Å². The summed E-state index contributed by atoms with van der Waals surface area (Å²) < 4.78 is 48.4. The highest BCUT2D eigenvalue weighted by molar-refractivity contribution is 8.64. The fourth-order valence-corrected chi connectivity index (χ4v) is 1.01. The molecule has 8 nitrogen and oxygen atoms in total. The molecule has 0 aliphatic rings. The van der Waals surface area contributed by atoms with E-state index in [1.165, 1.54) is 0 Å². The lowest BCUT2D eigenvalue weighted by Gasteiger charge is -1.96. The summed E-state index contributed by atoms with van der Waals surface area (Å²) in [5.74, 6) is 0. The fraction of sp³-hybridized carbons (Fsp3) is 0. The summed E-state index contributed by atoms with van der Waals surface area (Å²) in [6.45, 7) is 0. The second-order valence-corrected chi connectivity index (χ2v) is 5.84. The molecular formula is CH3NO7S2. The van der Waals surface area contributed by atoms with Gasteiger partial charge in [0.1, 0.15) is 0 Å². The van der Waals surface area contributed by atoms with Crippen LogP contribution in [0.15, 0.2) is 0 Å². The van der Waals surface area contributed by atoms with Crippen LogP contribution in [0.25, 0.3) is 0 Å². The minimum absolute atomic E-state index is 0.610. The highest BCUT2D eigenvalue weighted by Gasteiger charge is 2.28. The maximum atomic E-state index is 10.1. The first-order valence-electron chi connectivity index (χ1n) is 1.90. The molecule has 0 heterocycles. The maximum Gasteiger partial charge on any atom is 0.419 e. The second kappa shape index (κ2) is 2.64. The number of rotatable bonds is 2. The minimum atomic E-state index is -5.42. The molecule has 0 aliphatic heterocycles. The van der Waals surface area contributed by atoms with Crippen LogP contribution in [0.2, 0.25) is 0 Å². The molecule has 0 fully saturated rings. The van der Waals surface area contributed by atoms with E-state index < -0.39 is 24.3 Å². The standard InChI is InChI=1S/CH3NO7S2/c3-1(4)2-10(5,6)11(7,8)9/h2H,(H,3,4)(H,7,8,9). The van der Waals surface area contributed by atoms with Crippen molar-refractivity contribution in [3.05, 3.63) is 0 Å². The van der Waals surface area contributed by atoms with Crippen LogP contribution in [-0.2, 0) is 18.2 Å². The third-order valence-electron chi connectivity index (χ3n) is 0.490. The van der Waals surface area contributed by atoms with Gasteiger partial charge in [0.2, 0.25) is 0 Å². The molecule has 0 saturated heterocycles. The van der Waals surface area contributed by atoms with Gasteiger partial charge < -0.3 is 5.11 Å². The largest absolute Gasteiger partial charge is 0.464 e. The smallest absolute Gasteiger partial charge is 0.419 e. The molecule has 0 spiro atoms. The van der Waals surface area contributed by atoms with Crippen LogP contribution in [0.1, 0.15) is 0 Å². The molecule has 0 rings (SSSR count). The van der Waals surface area contributed by atoms with Crippen LogP contribution in [0.4, 0.5) is 4.79 Å². The average molecular weight is 205 g/mol. The summed E-state index contributed by atoms with van der Waals surface area (Å²) in [6, 6.07) is 0. The maximum absolute atomic E-state index is 10.1. The van der Waals surface area contributed by atoms with Gasteiger partial charge in [-0.1, -0.05) is 0 Å². The van der Waals surface area contributed by atoms with E-state index in [1.54, 1.807) is 0 Å². The predicted octanol–water partition coefficient (Wildman–Crippen LogP) is -1.61. The Morgan fingerprint density at radius 2 is 1.55 bits per heavy atom. The molecular weight excluding hydrogens is 202 g/mol. The van der Waals surface area contributed by atoms with Crippen LogP contribution in [0.5, 0.6) is 0 Å². The van der Waals surface area contributed by atoms with E-state index in [4.69, 9.17) is 9.66 Å². The number of hydrogen-bond donors (Lipinski definition) is 3. The highest BCUT2D eigenvalue weighted by Crippen LogP contribution is 1.93. The third-order valence-corrected chi connectivity index (χ3v) is 3.38. The van der Waals surface area contributed by atoms with E-state index >= 15 is 0 Å². The molecule has 0 bridgehead atoms. The van der Waals surface area contributed by atoms with E-state index in [9.17, 15) is 21.6 Å². The Balaban J connectivity index is 4.96. The lowest BCUT2D eigenvalue weighted by atomic mass is 11.3. The molecule has 0 saturated carbocycles. The predicted molar refractivity (Wildman–Crippen MR) is 31.6 cm³/mol. The summed E-state index contributed by atoms with van der Waals surface area (Å²) in [5.41, 5.74) is 0. The quantitative estimate of drug-likeness (QED) is 0.364. The third kappa shape index (κ3) is 2.69. The van der Waals surface area contributed by atoms with Crippen molar-refractivity contribution in [1.82, 2.24) is 4.72 Å². The lowest BCUT2D eigenvalue weighted by molar-refractivity contribution is 0.201. The van der Waals surface area contributed by atoms with E-state index in [2.05, 4.69) is 0 Å². The number of amides is 1. The van der Waals surface area contributed by atoms with Gasteiger partial charge in [-0.2, -0.15) is 16.8 Å². The van der Waals surface area contributed by atoms with E-state index in [0.29, 0.717) is 4.72 Å². The van der Waals surface area contributed by atoms with Crippen molar-refractivity contribution in [3.8, 4) is 0 Å². The Morgan fingerprint density at radius 3 is 1.64 bits per heavy atom. The Hall–Kier alpha value is -0.870. The van der Waals surface area contributed by atoms with Gasteiger partial charge in [0.15, 0.2) is 0 Å². The molecule has 0 atom stereocenters. The van der Waals surface area contributed by atoms with Gasteiger partial charge in [0, 0.05) is 0 Å². The molecule has 0 aromatic heterocycles. The number of hydrogen-bond acceptors (Lipinski definition) is 5. The molecule has 0 aliphatic carbocycles. The molecule has 1 amide bonds. The summed E-state index contributed by atoms with van der Waals surface area (Å²) in [7, 11) is -10.6. The SMILES string of the molecule is O=C(O)NS(=O)(=O)S(=O)(=O)O. The van der Waals surface area contributed by atoms with Crippen LogP contribution in [0.3, 0.4) is 0 Å². The fourth-order valence-electron chi connectivity index (χ4n) is 0.160. The first kappa shape index (κ1) is 10.1. The summed E-state index contributed by atoms with van der Waals surface area (Å²) in [5, 5.41) is 7.75. The van der Waals surface area contributed by atoms with Crippen LogP contribution in [0, 0.1) is 0 Å². The zero-order valence-corrected chi connectivity index (χ0v) is 6.39. The lowest BCUT2D eigenvalue weighted by Crippen LogP contribution is -2.34. The molecule has 0 aromatic rings. The van der Waals surface area contributed by atoms with Crippen molar-refractivity contribution in [1.29, 1.82) is 0 Å². The molecule has 10 heteroatoms. The number of carbonyl (C=O) groups is 1. The Bertz CT molecular complexity index is 346. The van der Waals surface area contributed by atoms with Crippen molar-refractivity contribution in [2.24, 2.45) is 0 Å². The molecule has 0 radical (unpaired) electrons. The number of carboxylic acid groups (broad SMARTS) is 1. The molecule has 0 unspecified atom stereocenters. The second-order valence-electron chi connectivity index (χ2n) is 1.29. The van der Waals surface area contributed by atoms with Crippen LogP contribution in [-0.4, -0.2) is 32.6 Å². The highest BCUT2D eigenvalue weighted by atomic mass is 33.2. The van der Waals surface area contributed by atoms with Crippen molar-refractivity contribution in [3.63, 3.8) is 0 Å². The van der Waals surface area contributed by atoms with Gasteiger partial charge in [-0.25, -0.2) is 9.52 Å². The Labute approximate surface area is 61.0 Å². The average Bonchev–Trinajstić information content (AvgIpc) is 1.56.